The summed E-state index contributed by atoms with van der Waals surface area (Å²) in [5.41, 5.74) is 9.78. The van der Waals surface area contributed by atoms with E-state index in [0.29, 0.717) is 0 Å². The third kappa shape index (κ3) is 2.71. The maximum atomic E-state index is 6.25. The maximum Gasteiger partial charge on any atom is 0.136 e. The Morgan fingerprint density at radius 3 is 2.18 bits per heavy atom. The SMILES string of the molecule is c1ccc2c(N3c4cc5occc5c5c4[SH](c4ccc6ccccc6c43)n3c4ccccc4c4cccc-5c43)cccc2c1. The van der Waals surface area contributed by atoms with E-state index in [4.69, 9.17) is 4.42 Å². The lowest BCUT2D eigenvalue weighted by Crippen LogP contribution is -2.21. The molecule has 1 atom stereocenters. The number of para-hydroxylation sites is 2. The second-order valence-corrected chi connectivity index (χ2v) is 13.7. The molecule has 9 aromatic rings. The minimum atomic E-state index is -0.958. The lowest BCUT2D eigenvalue weighted by atomic mass is 9.96. The first-order valence-electron chi connectivity index (χ1n) is 15.0. The summed E-state index contributed by atoms with van der Waals surface area (Å²) in [6.45, 7) is 0. The van der Waals surface area contributed by atoms with Crippen molar-refractivity contribution in [2.45, 2.75) is 9.79 Å². The van der Waals surface area contributed by atoms with Crippen molar-refractivity contribution in [1.29, 1.82) is 0 Å². The number of benzene rings is 7. The van der Waals surface area contributed by atoms with Crippen molar-refractivity contribution in [3.8, 4) is 11.1 Å². The van der Waals surface area contributed by atoms with Gasteiger partial charge in [-0.3, -0.25) is 3.97 Å². The molecule has 4 heterocycles. The lowest BCUT2D eigenvalue weighted by Gasteiger charge is -2.44. The highest BCUT2D eigenvalue weighted by atomic mass is 32.2. The van der Waals surface area contributed by atoms with E-state index in [1.165, 1.54) is 86.7 Å². The first kappa shape index (κ1) is 23.1. The molecular weight excluding hydrogens is 557 g/mol. The van der Waals surface area contributed by atoms with Crippen molar-refractivity contribution in [3.05, 3.63) is 140 Å². The highest BCUT2D eigenvalue weighted by Crippen LogP contribution is 2.69. The van der Waals surface area contributed by atoms with Crippen LogP contribution in [0.25, 0.3) is 65.4 Å². The third-order valence-corrected chi connectivity index (χ3v) is 12.2. The molecule has 0 saturated carbocycles. The van der Waals surface area contributed by atoms with Crippen molar-refractivity contribution >= 4 is 82.5 Å². The van der Waals surface area contributed by atoms with Crippen molar-refractivity contribution in [3.63, 3.8) is 0 Å². The fourth-order valence-corrected chi connectivity index (χ4v) is 10.8. The van der Waals surface area contributed by atoms with Gasteiger partial charge in [-0.15, -0.1) is 11.1 Å². The Bertz CT molecular complexity index is 2690. The molecule has 44 heavy (non-hydrogen) atoms. The van der Waals surface area contributed by atoms with Crippen molar-refractivity contribution in [2.24, 2.45) is 0 Å². The van der Waals surface area contributed by atoms with E-state index in [1.807, 2.05) is 6.26 Å². The van der Waals surface area contributed by atoms with Crippen LogP contribution in [0.2, 0.25) is 0 Å². The number of nitrogens with zero attached hydrogens (tertiary/aromatic N) is 2. The van der Waals surface area contributed by atoms with Crippen LogP contribution in [-0.2, 0) is 0 Å². The lowest BCUT2D eigenvalue weighted by molar-refractivity contribution is 0.616. The van der Waals surface area contributed by atoms with Gasteiger partial charge >= 0.3 is 0 Å². The summed E-state index contributed by atoms with van der Waals surface area (Å²) >= 11 is -0.958. The van der Waals surface area contributed by atoms with Crippen molar-refractivity contribution < 1.29 is 4.42 Å². The fourth-order valence-electron chi connectivity index (χ4n) is 7.90. The monoisotopic (exact) mass is 580 g/mol. The van der Waals surface area contributed by atoms with E-state index >= 15 is 0 Å². The Morgan fingerprint density at radius 1 is 0.545 bits per heavy atom. The molecule has 2 aliphatic heterocycles. The van der Waals surface area contributed by atoms with E-state index in [1.54, 1.807) is 0 Å². The number of fused-ring (bicyclic) bond motifs is 12. The van der Waals surface area contributed by atoms with E-state index in [-0.39, 0.29) is 0 Å². The quantitative estimate of drug-likeness (QED) is 0.195. The number of rotatable bonds is 1. The van der Waals surface area contributed by atoms with Gasteiger partial charge in [-0.05, 0) is 35.0 Å². The Labute approximate surface area is 255 Å². The Hall–Kier alpha value is -5.45. The van der Waals surface area contributed by atoms with Crippen molar-refractivity contribution in [1.82, 2.24) is 3.97 Å². The van der Waals surface area contributed by atoms with Crippen LogP contribution in [0.3, 0.4) is 0 Å². The molecule has 0 fully saturated rings. The summed E-state index contributed by atoms with van der Waals surface area (Å²) in [6, 6.07) is 49.2. The summed E-state index contributed by atoms with van der Waals surface area (Å²) in [7, 11) is 0. The molecule has 0 bridgehead atoms. The molecule has 3 nitrogen and oxygen atoms in total. The first-order valence-corrected chi connectivity index (χ1v) is 16.3. The summed E-state index contributed by atoms with van der Waals surface area (Å²) in [6.07, 6.45) is 1.85. The van der Waals surface area contributed by atoms with Crippen LogP contribution in [0.15, 0.2) is 154 Å². The van der Waals surface area contributed by atoms with E-state index in [9.17, 15) is 0 Å². The predicted octanol–water partition coefficient (Wildman–Crippen LogP) is 11.5. The number of thiol groups is 1. The number of hydrogen-bond donors (Lipinski definition) is 1. The van der Waals surface area contributed by atoms with Gasteiger partial charge < -0.3 is 9.32 Å². The topological polar surface area (TPSA) is 21.3 Å². The van der Waals surface area contributed by atoms with Gasteiger partial charge in [0.05, 0.1) is 34.4 Å². The van der Waals surface area contributed by atoms with Gasteiger partial charge in [-0.25, -0.2) is 0 Å². The van der Waals surface area contributed by atoms with Crippen LogP contribution >= 0.6 is 11.1 Å². The van der Waals surface area contributed by atoms with Gasteiger partial charge in [0.25, 0.3) is 0 Å². The van der Waals surface area contributed by atoms with Gasteiger partial charge in [-0.1, -0.05) is 103 Å². The largest absolute Gasteiger partial charge is 0.464 e. The van der Waals surface area contributed by atoms with Crippen LogP contribution in [0.1, 0.15) is 0 Å². The normalized spacial score (nSPS) is 15.8. The molecule has 7 aromatic carbocycles. The zero-order chi connectivity index (χ0) is 28.5. The molecular formula is C40H24N2OS. The van der Waals surface area contributed by atoms with Gasteiger partial charge in [0.2, 0.25) is 0 Å². The van der Waals surface area contributed by atoms with Crippen LogP contribution in [0.4, 0.5) is 17.1 Å². The molecule has 11 rings (SSSR count). The van der Waals surface area contributed by atoms with Gasteiger partial charge in [0, 0.05) is 53.9 Å². The molecule has 0 amide bonds. The highest BCUT2D eigenvalue weighted by Gasteiger charge is 2.40. The zero-order valence-electron chi connectivity index (χ0n) is 23.5. The Kier molecular flexibility index (Phi) is 4.26. The molecule has 206 valence electrons. The maximum absolute atomic E-state index is 6.25. The second-order valence-electron chi connectivity index (χ2n) is 11.8. The van der Waals surface area contributed by atoms with Crippen LogP contribution in [-0.4, -0.2) is 3.97 Å². The van der Waals surface area contributed by atoms with Gasteiger partial charge in [-0.2, -0.15) is 0 Å². The molecule has 0 aliphatic carbocycles. The Balaban J connectivity index is 1.41. The number of furan rings is 1. The summed E-state index contributed by atoms with van der Waals surface area (Å²) < 4.78 is 8.93. The van der Waals surface area contributed by atoms with Crippen LogP contribution in [0, 0.1) is 0 Å². The summed E-state index contributed by atoms with van der Waals surface area (Å²) in [4.78, 5) is 5.31. The number of hydrogen-bond acceptors (Lipinski definition) is 2. The minimum absolute atomic E-state index is 0.921. The Morgan fingerprint density at radius 2 is 1.27 bits per heavy atom. The number of anilines is 3. The highest BCUT2D eigenvalue weighted by molar-refractivity contribution is 8.16. The minimum Gasteiger partial charge on any atom is -0.464 e. The molecule has 2 aliphatic rings. The average molecular weight is 581 g/mol. The second kappa shape index (κ2) is 8.13. The standard InChI is InChI=1S/C40H24N2OS/c1-3-12-26-24(9-1)11-7-18-32(26)41-34-23-35-30(21-22-43-35)37-31-16-8-15-29-28-14-5-6-17-33(28)42(38(29)31)44(40(34)37)36-20-19-25-10-2-4-13-27(25)39(36)41/h1-23,44H. The van der Waals surface area contributed by atoms with Gasteiger partial charge in [0.1, 0.15) is 5.58 Å². The smallest absolute Gasteiger partial charge is 0.136 e. The first-order chi connectivity index (χ1) is 21.9. The molecule has 4 heteroatoms. The van der Waals surface area contributed by atoms with Gasteiger partial charge in [0.15, 0.2) is 0 Å². The van der Waals surface area contributed by atoms with E-state index in [0.717, 1.165) is 5.58 Å². The van der Waals surface area contributed by atoms with E-state index < -0.39 is 11.1 Å². The molecule has 2 aromatic heterocycles. The zero-order valence-corrected chi connectivity index (χ0v) is 24.4. The molecule has 1 unspecified atom stereocenters. The average Bonchev–Trinajstić information content (AvgIpc) is 3.69. The molecule has 0 radical (unpaired) electrons. The summed E-state index contributed by atoms with van der Waals surface area (Å²) in [5, 5.41) is 8.78. The third-order valence-electron chi connectivity index (χ3n) is 9.64. The summed E-state index contributed by atoms with van der Waals surface area (Å²) in [5.74, 6) is 0. The molecule has 0 N–H and O–H groups in total. The van der Waals surface area contributed by atoms with Crippen LogP contribution < -0.4 is 4.90 Å². The predicted molar refractivity (Wildman–Crippen MR) is 185 cm³/mol. The van der Waals surface area contributed by atoms with Crippen LogP contribution in [0.5, 0.6) is 0 Å². The van der Waals surface area contributed by atoms with E-state index in [2.05, 4.69) is 142 Å². The number of aromatic nitrogens is 1. The fraction of sp³-hybridized carbons (Fsp3) is 0. The van der Waals surface area contributed by atoms with Crippen molar-refractivity contribution in [2.75, 3.05) is 4.90 Å². The molecule has 0 spiro atoms. The molecule has 0 saturated heterocycles.